The number of anilines is 2. The van der Waals surface area contributed by atoms with Gasteiger partial charge in [0.25, 0.3) is 5.91 Å². The molecule has 1 atom stereocenters. The molecule has 1 saturated heterocycles. The number of amides is 2. The molecule has 38 heavy (non-hydrogen) atoms. The molecule has 0 radical (unpaired) electrons. The van der Waals surface area contributed by atoms with Gasteiger partial charge in [-0.1, -0.05) is 48.5 Å². The number of carbonyl (C=O) groups excluding carboxylic acids is 2. The Labute approximate surface area is 223 Å². The quantitative estimate of drug-likeness (QED) is 0.366. The van der Waals surface area contributed by atoms with Gasteiger partial charge in [-0.15, -0.1) is 0 Å². The number of nitrogens with one attached hydrogen (secondary N) is 2. The van der Waals surface area contributed by atoms with Crippen LogP contribution in [0.3, 0.4) is 0 Å². The zero-order valence-electron chi connectivity index (χ0n) is 21.9. The highest BCUT2D eigenvalue weighted by Crippen LogP contribution is 2.23. The highest BCUT2D eigenvalue weighted by atomic mass is 16.5. The number of hydrogen-bond acceptors (Lipinski definition) is 6. The number of hydrogen-bond donors (Lipinski definition) is 2. The molecule has 4 rings (SSSR count). The Kier molecular flexibility index (Phi) is 10.0. The van der Waals surface area contributed by atoms with Crippen molar-refractivity contribution in [1.82, 2.24) is 4.90 Å². The average molecular weight is 518 g/mol. The smallest absolute Gasteiger partial charge is 0.255 e. The van der Waals surface area contributed by atoms with Gasteiger partial charge in [-0.3, -0.25) is 14.5 Å². The van der Waals surface area contributed by atoms with Gasteiger partial charge in [-0.2, -0.15) is 0 Å². The maximum Gasteiger partial charge on any atom is 0.255 e. The van der Waals surface area contributed by atoms with Crippen LogP contribution >= 0.6 is 0 Å². The number of benzene rings is 3. The number of nitrogens with zero attached hydrogens (tertiary/aromatic N) is 1. The molecule has 1 aliphatic heterocycles. The van der Waals surface area contributed by atoms with Gasteiger partial charge in [0, 0.05) is 42.7 Å². The van der Waals surface area contributed by atoms with E-state index in [1.807, 2.05) is 67.6 Å². The molecule has 2 N–H and O–H groups in total. The van der Waals surface area contributed by atoms with Crippen molar-refractivity contribution >= 4 is 23.2 Å². The zero-order valence-corrected chi connectivity index (χ0v) is 21.9. The van der Waals surface area contributed by atoms with E-state index in [9.17, 15) is 9.59 Å². The van der Waals surface area contributed by atoms with Crippen molar-refractivity contribution < 1.29 is 23.8 Å². The van der Waals surface area contributed by atoms with Gasteiger partial charge >= 0.3 is 0 Å². The molecule has 1 aliphatic rings. The molecule has 0 bridgehead atoms. The summed E-state index contributed by atoms with van der Waals surface area (Å²) in [5.41, 5.74) is 4.65. The van der Waals surface area contributed by atoms with Crippen LogP contribution in [0, 0.1) is 0 Å². The third-order valence-corrected chi connectivity index (χ3v) is 6.54. The van der Waals surface area contributed by atoms with E-state index >= 15 is 0 Å². The van der Waals surface area contributed by atoms with Gasteiger partial charge in [0.2, 0.25) is 5.91 Å². The number of ether oxygens (including phenoxy) is 3. The number of rotatable bonds is 11. The molecule has 0 spiro atoms. The van der Waals surface area contributed by atoms with Crippen molar-refractivity contribution in [3.63, 3.8) is 0 Å². The molecule has 8 nitrogen and oxygen atoms in total. The van der Waals surface area contributed by atoms with Crippen LogP contribution in [0.4, 0.5) is 11.4 Å². The first-order valence-corrected chi connectivity index (χ1v) is 12.8. The molecule has 1 heterocycles. The topological polar surface area (TPSA) is 89.1 Å². The number of methoxy groups -OCH3 is 1. The largest absolute Gasteiger partial charge is 0.382 e. The summed E-state index contributed by atoms with van der Waals surface area (Å²) in [5, 5.41) is 5.97. The fraction of sp³-hybridized carbons (Fsp3) is 0.333. The molecule has 0 aromatic heterocycles. The van der Waals surface area contributed by atoms with Gasteiger partial charge < -0.3 is 24.8 Å². The van der Waals surface area contributed by atoms with E-state index in [1.165, 1.54) is 0 Å². The van der Waals surface area contributed by atoms with E-state index < -0.39 is 0 Å². The van der Waals surface area contributed by atoms with Gasteiger partial charge in [-0.05, 0) is 42.3 Å². The molecule has 8 heteroatoms. The Morgan fingerprint density at radius 3 is 2.34 bits per heavy atom. The summed E-state index contributed by atoms with van der Waals surface area (Å²) in [6.45, 7) is 5.68. The second-order valence-electron chi connectivity index (χ2n) is 9.13. The molecule has 0 aliphatic carbocycles. The average Bonchev–Trinajstić information content (AvgIpc) is 2.96. The molecule has 2 amide bonds. The second kappa shape index (κ2) is 13.8. The molecular formula is C30H35N3O5. The normalized spacial score (nSPS) is 14.6. The van der Waals surface area contributed by atoms with Crippen molar-refractivity contribution in [3.8, 4) is 11.1 Å². The highest BCUT2D eigenvalue weighted by molar-refractivity contribution is 6.06. The monoisotopic (exact) mass is 517 g/mol. The first-order chi connectivity index (χ1) is 18.5. The van der Waals surface area contributed by atoms with Crippen LogP contribution in [-0.2, 0) is 25.6 Å². The van der Waals surface area contributed by atoms with Gasteiger partial charge in [0.1, 0.15) is 0 Å². The first kappa shape index (κ1) is 27.5. The molecule has 3 aromatic rings. The molecule has 3 aromatic carbocycles. The Morgan fingerprint density at radius 1 is 0.921 bits per heavy atom. The molecular weight excluding hydrogens is 482 g/mol. The van der Waals surface area contributed by atoms with E-state index in [1.54, 1.807) is 19.2 Å². The molecule has 0 saturated carbocycles. The van der Waals surface area contributed by atoms with Crippen LogP contribution in [-0.4, -0.2) is 69.4 Å². The fourth-order valence-corrected chi connectivity index (χ4v) is 4.23. The third kappa shape index (κ3) is 7.49. The predicted molar refractivity (Wildman–Crippen MR) is 148 cm³/mol. The summed E-state index contributed by atoms with van der Waals surface area (Å²) >= 11 is 0. The standard InChI is InChI=1S/C30H35N3O5/c1-22(33-14-16-37-17-15-33)29(34)32-28-20-25(8-9-26(28)21-38-19-18-36-2)30(35)31-27-12-10-24(11-13-27)23-6-4-3-5-7-23/h3-13,20,22H,14-19,21H2,1-2H3,(H,31,35)(H,32,34)/t22-/m1/s1. The molecule has 1 fully saturated rings. The summed E-state index contributed by atoms with van der Waals surface area (Å²) in [7, 11) is 1.62. The van der Waals surface area contributed by atoms with E-state index in [4.69, 9.17) is 14.2 Å². The summed E-state index contributed by atoms with van der Waals surface area (Å²) in [6.07, 6.45) is 0. The van der Waals surface area contributed by atoms with Crippen molar-refractivity contribution in [2.24, 2.45) is 0 Å². The first-order valence-electron chi connectivity index (χ1n) is 12.8. The van der Waals surface area contributed by atoms with E-state index in [0.717, 1.165) is 16.7 Å². The minimum Gasteiger partial charge on any atom is -0.382 e. The Bertz CT molecular complexity index is 1190. The van der Waals surface area contributed by atoms with Crippen LogP contribution in [0.25, 0.3) is 11.1 Å². The van der Waals surface area contributed by atoms with Crippen molar-refractivity contribution in [2.75, 3.05) is 57.3 Å². The summed E-state index contributed by atoms with van der Waals surface area (Å²) in [4.78, 5) is 28.3. The van der Waals surface area contributed by atoms with Crippen LogP contribution in [0.1, 0.15) is 22.8 Å². The lowest BCUT2D eigenvalue weighted by molar-refractivity contribution is -0.122. The second-order valence-corrected chi connectivity index (χ2v) is 9.13. The highest BCUT2D eigenvalue weighted by Gasteiger charge is 2.24. The Morgan fingerprint density at radius 2 is 1.63 bits per heavy atom. The minimum atomic E-state index is -0.332. The van der Waals surface area contributed by atoms with Crippen molar-refractivity contribution in [3.05, 3.63) is 83.9 Å². The SMILES string of the molecule is COCCOCc1ccc(C(=O)Nc2ccc(-c3ccccc3)cc2)cc1NC(=O)[C@@H](C)N1CCOCC1. The van der Waals surface area contributed by atoms with E-state index in [2.05, 4.69) is 15.5 Å². The molecule has 200 valence electrons. The van der Waals surface area contributed by atoms with Gasteiger partial charge in [-0.25, -0.2) is 0 Å². The van der Waals surface area contributed by atoms with Crippen molar-refractivity contribution in [1.29, 1.82) is 0 Å². The number of morpholine rings is 1. The zero-order chi connectivity index (χ0) is 26.7. The number of carbonyl (C=O) groups is 2. The lowest BCUT2D eigenvalue weighted by Crippen LogP contribution is -2.47. The molecule has 0 unspecified atom stereocenters. The van der Waals surface area contributed by atoms with Crippen LogP contribution < -0.4 is 10.6 Å². The Hall–Kier alpha value is -3.56. The summed E-state index contributed by atoms with van der Waals surface area (Å²) in [6, 6.07) is 22.7. The van der Waals surface area contributed by atoms with Crippen LogP contribution in [0.15, 0.2) is 72.8 Å². The minimum absolute atomic E-state index is 0.140. The van der Waals surface area contributed by atoms with E-state index in [0.29, 0.717) is 56.5 Å². The third-order valence-electron chi connectivity index (χ3n) is 6.54. The van der Waals surface area contributed by atoms with Crippen LogP contribution in [0.5, 0.6) is 0 Å². The predicted octanol–water partition coefficient (Wildman–Crippen LogP) is 4.43. The summed E-state index contributed by atoms with van der Waals surface area (Å²) in [5.74, 6) is -0.403. The fourth-order valence-electron chi connectivity index (χ4n) is 4.23. The van der Waals surface area contributed by atoms with Gasteiger partial charge in [0.15, 0.2) is 0 Å². The van der Waals surface area contributed by atoms with Crippen LogP contribution in [0.2, 0.25) is 0 Å². The lowest BCUT2D eigenvalue weighted by Gasteiger charge is -2.31. The van der Waals surface area contributed by atoms with Crippen molar-refractivity contribution in [2.45, 2.75) is 19.6 Å². The maximum atomic E-state index is 13.1. The Balaban J connectivity index is 1.47. The lowest BCUT2D eigenvalue weighted by atomic mass is 10.1. The van der Waals surface area contributed by atoms with Gasteiger partial charge in [0.05, 0.1) is 39.1 Å². The summed E-state index contributed by atoms with van der Waals surface area (Å²) < 4.78 is 16.2. The maximum absolute atomic E-state index is 13.1. The van der Waals surface area contributed by atoms with E-state index in [-0.39, 0.29) is 24.5 Å².